The number of unbranched alkanes of at least 4 members (excludes halogenated alkanes) is 12. The Morgan fingerprint density at radius 2 is 1.16 bits per heavy atom. The van der Waals surface area contributed by atoms with Gasteiger partial charge in [0, 0.05) is 12.8 Å². The number of carbonyl (C=O) groups is 2. The number of esters is 2. The molecule has 0 aromatic rings. The first-order valence-corrected chi connectivity index (χ1v) is 18.0. The van der Waals surface area contributed by atoms with E-state index in [1.165, 1.54) is 70.6 Å². The Kier molecular flexibility index (Phi) is 26.0. The zero-order valence-corrected chi connectivity index (χ0v) is 28.5. The molecule has 0 aliphatic carbocycles. The fourth-order valence-corrected chi connectivity index (χ4v) is 5.07. The van der Waals surface area contributed by atoms with Gasteiger partial charge in [0.1, 0.15) is 19.3 Å². The van der Waals surface area contributed by atoms with Crippen molar-refractivity contribution in [1.29, 1.82) is 0 Å². The molecule has 0 radical (unpaired) electrons. The summed E-state index contributed by atoms with van der Waals surface area (Å²) in [5.41, 5.74) is 0. The van der Waals surface area contributed by atoms with Crippen LogP contribution < -0.4 is 0 Å². The van der Waals surface area contributed by atoms with E-state index < -0.39 is 6.10 Å². The Labute approximate surface area is 270 Å². The molecule has 1 saturated heterocycles. The van der Waals surface area contributed by atoms with Crippen LogP contribution in [0.15, 0.2) is 36.5 Å². The van der Waals surface area contributed by atoms with Gasteiger partial charge >= 0.3 is 11.9 Å². The molecule has 44 heavy (non-hydrogen) atoms. The first-order chi connectivity index (χ1) is 21.4. The van der Waals surface area contributed by atoms with E-state index in [2.05, 4.69) is 57.2 Å². The Morgan fingerprint density at radius 1 is 0.659 bits per heavy atom. The molecule has 0 bridgehead atoms. The van der Waals surface area contributed by atoms with Gasteiger partial charge in [-0.2, -0.15) is 0 Å². The second-order valence-corrected chi connectivity index (χ2v) is 12.9. The minimum atomic E-state index is -0.989. The van der Waals surface area contributed by atoms with Gasteiger partial charge in [-0.1, -0.05) is 128 Å². The lowest BCUT2D eigenvalue weighted by molar-refractivity contribution is -0.152. The van der Waals surface area contributed by atoms with Crippen LogP contribution in [0.25, 0.3) is 0 Å². The third kappa shape index (κ3) is 26.5. The number of hydrogen-bond donors (Lipinski definition) is 1. The molecule has 0 spiro atoms. The molecule has 1 N–H and O–H groups in total. The van der Waals surface area contributed by atoms with E-state index in [4.69, 9.17) is 14.2 Å². The quantitative estimate of drug-likeness (QED) is 0.0373. The van der Waals surface area contributed by atoms with Gasteiger partial charge in [-0.05, 0) is 57.3 Å². The van der Waals surface area contributed by atoms with Gasteiger partial charge in [-0.3, -0.25) is 9.59 Å². The maximum atomic E-state index is 11.9. The van der Waals surface area contributed by atoms with Gasteiger partial charge in [0.05, 0.1) is 12.2 Å². The first kappa shape index (κ1) is 40.1. The van der Waals surface area contributed by atoms with Crippen LogP contribution in [0.2, 0.25) is 0 Å². The number of aliphatic hydroxyl groups excluding tert-OH is 1. The molecule has 0 aromatic carbocycles. The number of carbonyl (C=O) groups excluding carboxylic acids is 2. The van der Waals surface area contributed by atoms with Crippen molar-refractivity contribution in [3.63, 3.8) is 0 Å². The molecule has 6 heteroatoms. The van der Waals surface area contributed by atoms with Crippen molar-refractivity contribution in [2.45, 2.75) is 174 Å². The van der Waals surface area contributed by atoms with Crippen LogP contribution >= 0.6 is 0 Å². The van der Waals surface area contributed by atoms with Crippen molar-refractivity contribution in [3.8, 4) is 0 Å². The van der Waals surface area contributed by atoms with E-state index in [0.717, 1.165) is 50.9 Å². The highest BCUT2D eigenvalue weighted by atomic mass is 16.6. The van der Waals surface area contributed by atoms with Crippen molar-refractivity contribution < 1.29 is 28.9 Å². The first-order valence-electron chi connectivity index (χ1n) is 18.0. The summed E-state index contributed by atoms with van der Waals surface area (Å²) < 4.78 is 16.0. The van der Waals surface area contributed by atoms with Gasteiger partial charge in [0.15, 0.2) is 0 Å². The van der Waals surface area contributed by atoms with Gasteiger partial charge in [0.25, 0.3) is 0 Å². The van der Waals surface area contributed by atoms with E-state index in [1.54, 1.807) is 0 Å². The minimum Gasteiger partial charge on any atom is -0.463 e. The summed E-state index contributed by atoms with van der Waals surface area (Å²) in [6.45, 7) is 6.51. The molecule has 1 fully saturated rings. The van der Waals surface area contributed by atoms with Crippen molar-refractivity contribution in [1.82, 2.24) is 0 Å². The van der Waals surface area contributed by atoms with E-state index in [-0.39, 0.29) is 25.2 Å². The normalized spacial score (nSPS) is 17.3. The SMILES string of the molecule is CCCCC/C=C\C/C=C\CC1OC1C/C=C\CCCC(=O)OC[C@@H](O)COC(=O)CCCCCCCCCCCC(C)C. The molecule has 0 aromatic heterocycles. The summed E-state index contributed by atoms with van der Waals surface area (Å²) in [6, 6.07) is 0. The van der Waals surface area contributed by atoms with E-state index >= 15 is 0 Å². The van der Waals surface area contributed by atoms with Crippen LogP contribution in [0.4, 0.5) is 0 Å². The van der Waals surface area contributed by atoms with Crippen LogP contribution in [-0.2, 0) is 23.8 Å². The topological polar surface area (TPSA) is 85.4 Å². The molecular formula is C38H66O6. The Balaban J connectivity index is 1.89. The summed E-state index contributed by atoms with van der Waals surface area (Å²) in [5.74, 6) is 0.175. The van der Waals surface area contributed by atoms with Crippen LogP contribution in [0.1, 0.15) is 156 Å². The second-order valence-electron chi connectivity index (χ2n) is 12.9. The van der Waals surface area contributed by atoms with Gasteiger partial charge in [-0.15, -0.1) is 0 Å². The minimum absolute atomic E-state index is 0.137. The Bertz CT molecular complexity index is 786. The highest BCUT2D eigenvalue weighted by Crippen LogP contribution is 2.29. The molecule has 1 rings (SSSR count). The summed E-state index contributed by atoms with van der Waals surface area (Å²) in [4.78, 5) is 23.9. The molecule has 1 heterocycles. The third-order valence-corrected chi connectivity index (χ3v) is 7.96. The van der Waals surface area contributed by atoms with Crippen molar-refractivity contribution in [2.24, 2.45) is 5.92 Å². The lowest BCUT2D eigenvalue weighted by Crippen LogP contribution is -2.25. The predicted octanol–water partition coefficient (Wildman–Crippen LogP) is 9.74. The average Bonchev–Trinajstić information content (AvgIpc) is 3.76. The standard InChI is InChI=1S/C38H66O6/c1-4-5-6-7-8-10-14-17-22-27-35-36(44-35)28-23-19-20-25-30-38(41)43-32-34(39)31-42-37(40)29-24-18-15-12-9-11-13-16-21-26-33(2)3/h8,10,17,19,22-23,33-36,39H,4-7,9,11-16,18,20-21,24-32H2,1-3H3/b10-8-,22-17-,23-19-/t34-,35?,36?/m0/s1. The van der Waals surface area contributed by atoms with E-state index in [0.29, 0.717) is 31.5 Å². The fourth-order valence-electron chi connectivity index (χ4n) is 5.07. The van der Waals surface area contributed by atoms with Crippen LogP contribution in [0.3, 0.4) is 0 Å². The highest BCUT2D eigenvalue weighted by molar-refractivity contribution is 5.69. The average molecular weight is 619 g/mol. The molecule has 254 valence electrons. The summed E-state index contributed by atoms with van der Waals surface area (Å²) >= 11 is 0. The molecule has 6 nitrogen and oxygen atoms in total. The van der Waals surface area contributed by atoms with Crippen LogP contribution in [-0.4, -0.2) is 48.6 Å². The molecule has 1 aliphatic rings. The van der Waals surface area contributed by atoms with Crippen molar-refractivity contribution >= 4 is 11.9 Å². The molecule has 1 aliphatic heterocycles. The zero-order valence-electron chi connectivity index (χ0n) is 28.5. The molecule has 2 unspecified atom stereocenters. The van der Waals surface area contributed by atoms with Gasteiger partial charge < -0.3 is 19.3 Å². The monoisotopic (exact) mass is 618 g/mol. The number of ether oxygens (including phenoxy) is 3. The third-order valence-electron chi connectivity index (χ3n) is 7.96. The highest BCUT2D eigenvalue weighted by Gasteiger charge is 2.35. The second kappa shape index (κ2) is 28.5. The largest absolute Gasteiger partial charge is 0.463 e. The summed E-state index contributed by atoms with van der Waals surface area (Å²) in [7, 11) is 0. The van der Waals surface area contributed by atoms with Crippen LogP contribution in [0, 0.1) is 5.92 Å². The van der Waals surface area contributed by atoms with E-state index in [1.807, 2.05) is 0 Å². The summed E-state index contributed by atoms with van der Waals surface area (Å²) in [6.07, 6.45) is 35.1. The maximum Gasteiger partial charge on any atom is 0.305 e. The Morgan fingerprint density at radius 3 is 1.77 bits per heavy atom. The lowest BCUT2D eigenvalue weighted by atomic mass is 10.0. The smallest absolute Gasteiger partial charge is 0.305 e. The summed E-state index contributed by atoms with van der Waals surface area (Å²) in [5, 5.41) is 9.98. The van der Waals surface area contributed by atoms with Crippen molar-refractivity contribution in [3.05, 3.63) is 36.5 Å². The molecule has 0 saturated carbocycles. The Hall–Kier alpha value is -1.92. The van der Waals surface area contributed by atoms with Crippen molar-refractivity contribution in [2.75, 3.05) is 13.2 Å². The van der Waals surface area contributed by atoms with Gasteiger partial charge in [-0.25, -0.2) is 0 Å². The maximum absolute atomic E-state index is 11.9. The number of epoxide rings is 1. The predicted molar refractivity (Wildman–Crippen MR) is 181 cm³/mol. The lowest BCUT2D eigenvalue weighted by Gasteiger charge is -2.12. The molecule has 3 atom stereocenters. The fraction of sp³-hybridized carbons (Fsp3) is 0.789. The number of allylic oxidation sites excluding steroid dienone is 4. The van der Waals surface area contributed by atoms with E-state index in [9.17, 15) is 14.7 Å². The number of rotatable bonds is 30. The molecular weight excluding hydrogens is 552 g/mol. The number of aliphatic hydroxyl groups is 1. The van der Waals surface area contributed by atoms with Crippen LogP contribution in [0.5, 0.6) is 0 Å². The zero-order chi connectivity index (χ0) is 32.1. The number of hydrogen-bond acceptors (Lipinski definition) is 6. The van der Waals surface area contributed by atoms with Gasteiger partial charge in [0.2, 0.25) is 0 Å². The molecule has 0 amide bonds.